The van der Waals surface area contributed by atoms with Crippen LogP contribution >= 0.6 is 0 Å². The fourth-order valence-electron chi connectivity index (χ4n) is 2.63. The molecule has 0 aromatic carbocycles. The normalized spacial score (nSPS) is 32.7. The van der Waals surface area contributed by atoms with E-state index in [9.17, 15) is 0 Å². The summed E-state index contributed by atoms with van der Waals surface area (Å²) < 4.78 is 0. The minimum atomic E-state index is 0.989. The summed E-state index contributed by atoms with van der Waals surface area (Å²) in [6, 6.07) is 0. The van der Waals surface area contributed by atoms with Gasteiger partial charge in [-0.3, -0.25) is 0 Å². The first-order valence-corrected chi connectivity index (χ1v) is 6.33. The Morgan fingerprint density at radius 1 is 1.00 bits per heavy atom. The maximum absolute atomic E-state index is 2.45. The molecule has 1 fully saturated rings. The Labute approximate surface area is 84.9 Å². The Kier molecular flexibility index (Phi) is 5.58. The van der Waals surface area contributed by atoms with E-state index in [0.717, 1.165) is 11.7 Å². The Balaban J connectivity index is 2.30. The van der Waals surface area contributed by atoms with Crippen LogP contribution < -0.4 is 0 Å². The van der Waals surface area contributed by atoms with Crippen molar-refractivity contribution >= 4 is 7.85 Å². The minimum Gasteiger partial charge on any atom is -0.0695 e. The number of hydrogen-bond acceptors (Lipinski definition) is 0. The smallest absolute Gasteiger partial charge is 0.0695 e. The first kappa shape index (κ1) is 11.1. The third kappa shape index (κ3) is 4.74. The van der Waals surface area contributed by atoms with Crippen molar-refractivity contribution in [3.8, 4) is 0 Å². The summed E-state index contributed by atoms with van der Waals surface area (Å²) in [7, 11) is 2.45. The SMILES string of the molecule is BC1CCCCCCCC(CC)C1. The van der Waals surface area contributed by atoms with Gasteiger partial charge >= 0.3 is 0 Å². The molecule has 1 saturated carbocycles. The molecular weight excluding hydrogens is 155 g/mol. The van der Waals surface area contributed by atoms with Gasteiger partial charge in [-0.25, -0.2) is 0 Å². The second-order valence-corrected chi connectivity index (χ2v) is 4.96. The van der Waals surface area contributed by atoms with Crippen molar-refractivity contribution in [2.24, 2.45) is 5.92 Å². The second kappa shape index (κ2) is 6.51. The third-order valence-corrected chi connectivity index (χ3v) is 3.62. The van der Waals surface area contributed by atoms with Gasteiger partial charge in [0.1, 0.15) is 7.85 Å². The van der Waals surface area contributed by atoms with Crippen LogP contribution in [0.1, 0.15) is 64.7 Å². The highest BCUT2D eigenvalue weighted by molar-refractivity contribution is 6.11. The summed E-state index contributed by atoms with van der Waals surface area (Å²) in [5.41, 5.74) is 0. The van der Waals surface area contributed by atoms with Crippen molar-refractivity contribution in [1.29, 1.82) is 0 Å². The molecule has 0 aromatic heterocycles. The summed E-state index contributed by atoms with van der Waals surface area (Å²) in [4.78, 5) is 0. The van der Waals surface area contributed by atoms with Crippen LogP contribution in [0.2, 0.25) is 5.82 Å². The first-order chi connectivity index (χ1) is 6.33. The van der Waals surface area contributed by atoms with E-state index in [1.807, 2.05) is 0 Å². The lowest BCUT2D eigenvalue weighted by atomic mass is 9.74. The Morgan fingerprint density at radius 3 is 2.31 bits per heavy atom. The maximum Gasteiger partial charge on any atom is 0.105 e. The van der Waals surface area contributed by atoms with Crippen LogP contribution in [0, 0.1) is 5.92 Å². The number of hydrogen-bond donors (Lipinski definition) is 0. The number of rotatable bonds is 1. The van der Waals surface area contributed by atoms with Crippen molar-refractivity contribution in [1.82, 2.24) is 0 Å². The molecule has 0 N–H and O–H groups in total. The van der Waals surface area contributed by atoms with E-state index in [1.165, 1.54) is 57.8 Å². The van der Waals surface area contributed by atoms with E-state index in [-0.39, 0.29) is 0 Å². The predicted molar refractivity (Wildman–Crippen MR) is 63.0 cm³/mol. The molecular formula is C12H25B. The summed E-state index contributed by atoms with van der Waals surface area (Å²) in [6.45, 7) is 2.36. The van der Waals surface area contributed by atoms with Gasteiger partial charge in [0.15, 0.2) is 0 Å². The highest BCUT2D eigenvalue weighted by Crippen LogP contribution is 2.28. The summed E-state index contributed by atoms with van der Waals surface area (Å²) >= 11 is 0. The van der Waals surface area contributed by atoms with E-state index >= 15 is 0 Å². The highest BCUT2D eigenvalue weighted by Gasteiger charge is 2.12. The lowest BCUT2D eigenvalue weighted by molar-refractivity contribution is 0.380. The van der Waals surface area contributed by atoms with Crippen molar-refractivity contribution in [3.05, 3.63) is 0 Å². The highest BCUT2D eigenvalue weighted by atomic mass is 14.2. The molecule has 1 heteroatoms. The van der Waals surface area contributed by atoms with Gasteiger partial charge in [-0.1, -0.05) is 70.5 Å². The van der Waals surface area contributed by atoms with Gasteiger partial charge in [0.25, 0.3) is 0 Å². The molecule has 0 radical (unpaired) electrons. The average Bonchev–Trinajstić information content (AvgIpc) is 2.15. The average molecular weight is 180 g/mol. The van der Waals surface area contributed by atoms with E-state index in [0.29, 0.717) is 0 Å². The molecule has 0 heterocycles. The molecule has 0 spiro atoms. The topological polar surface area (TPSA) is 0 Å². The molecule has 0 aromatic rings. The maximum atomic E-state index is 2.45. The van der Waals surface area contributed by atoms with E-state index in [4.69, 9.17) is 0 Å². The van der Waals surface area contributed by atoms with Gasteiger partial charge < -0.3 is 0 Å². The van der Waals surface area contributed by atoms with Crippen LogP contribution in [-0.2, 0) is 0 Å². The van der Waals surface area contributed by atoms with Gasteiger partial charge in [-0.15, -0.1) is 0 Å². The van der Waals surface area contributed by atoms with Crippen LogP contribution in [0.4, 0.5) is 0 Å². The summed E-state index contributed by atoms with van der Waals surface area (Å²) in [5.74, 6) is 2.02. The van der Waals surface area contributed by atoms with Crippen molar-refractivity contribution in [2.75, 3.05) is 0 Å². The standard InChI is InChI=1S/C12H25B/c1-2-11-8-6-4-3-5-7-9-12(13)10-11/h11-12H,2-10,13H2,1H3. The van der Waals surface area contributed by atoms with Crippen LogP contribution in [0.15, 0.2) is 0 Å². The molecule has 1 aliphatic rings. The molecule has 0 amide bonds. The first-order valence-electron chi connectivity index (χ1n) is 6.33. The van der Waals surface area contributed by atoms with Gasteiger partial charge in [-0.2, -0.15) is 0 Å². The molecule has 76 valence electrons. The zero-order valence-electron chi connectivity index (χ0n) is 9.52. The largest absolute Gasteiger partial charge is 0.105 e. The Morgan fingerprint density at radius 2 is 1.62 bits per heavy atom. The third-order valence-electron chi connectivity index (χ3n) is 3.62. The van der Waals surface area contributed by atoms with Gasteiger partial charge in [0.05, 0.1) is 0 Å². The van der Waals surface area contributed by atoms with Gasteiger partial charge in [0, 0.05) is 0 Å². The Hall–Kier alpha value is 0.0649. The van der Waals surface area contributed by atoms with Crippen molar-refractivity contribution in [2.45, 2.75) is 70.5 Å². The molecule has 0 bridgehead atoms. The molecule has 0 nitrogen and oxygen atoms in total. The molecule has 0 aliphatic heterocycles. The quantitative estimate of drug-likeness (QED) is 0.541. The molecule has 1 rings (SSSR count). The fourth-order valence-corrected chi connectivity index (χ4v) is 2.63. The molecule has 2 unspecified atom stereocenters. The van der Waals surface area contributed by atoms with Crippen LogP contribution in [0.5, 0.6) is 0 Å². The lowest BCUT2D eigenvalue weighted by Gasteiger charge is -2.21. The van der Waals surface area contributed by atoms with E-state index in [1.54, 1.807) is 0 Å². The predicted octanol–water partition coefficient (Wildman–Crippen LogP) is 3.57. The van der Waals surface area contributed by atoms with Gasteiger partial charge in [-0.05, 0) is 5.92 Å². The zero-order valence-corrected chi connectivity index (χ0v) is 9.52. The minimum absolute atomic E-state index is 0.989. The van der Waals surface area contributed by atoms with Crippen molar-refractivity contribution in [3.63, 3.8) is 0 Å². The second-order valence-electron chi connectivity index (χ2n) is 4.96. The summed E-state index contributed by atoms with van der Waals surface area (Å²) in [6.07, 6.45) is 13.3. The monoisotopic (exact) mass is 180 g/mol. The fraction of sp³-hybridized carbons (Fsp3) is 1.00. The molecule has 0 saturated heterocycles. The molecule has 2 atom stereocenters. The summed E-state index contributed by atoms with van der Waals surface area (Å²) in [5, 5.41) is 0. The Bertz CT molecular complexity index is 122. The van der Waals surface area contributed by atoms with Crippen LogP contribution in [-0.4, -0.2) is 7.85 Å². The molecule has 1 aliphatic carbocycles. The van der Waals surface area contributed by atoms with Crippen LogP contribution in [0.3, 0.4) is 0 Å². The molecule has 13 heavy (non-hydrogen) atoms. The van der Waals surface area contributed by atoms with E-state index in [2.05, 4.69) is 14.8 Å². The van der Waals surface area contributed by atoms with Gasteiger partial charge in [0.2, 0.25) is 0 Å². The van der Waals surface area contributed by atoms with Crippen molar-refractivity contribution < 1.29 is 0 Å². The van der Waals surface area contributed by atoms with E-state index < -0.39 is 0 Å². The van der Waals surface area contributed by atoms with Crippen LogP contribution in [0.25, 0.3) is 0 Å². The lowest BCUT2D eigenvalue weighted by Crippen LogP contribution is -2.06. The zero-order chi connectivity index (χ0) is 9.52.